The minimum absolute atomic E-state index is 0.153. The zero-order chi connectivity index (χ0) is 37.2. The molecule has 5 aliphatic rings. The fraction of sp³-hybridized carbons (Fsp3) is 0.762. The maximum atomic E-state index is 13.4. The lowest BCUT2D eigenvalue weighted by atomic mass is 9.47. The van der Waals surface area contributed by atoms with Crippen LogP contribution in [0, 0.1) is 71.5 Å². The van der Waals surface area contributed by atoms with Gasteiger partial charge in [-0.3, -0.25) is 9.88 Å². The Bertz CT molecular complexity index is 1730. The molecule has 52 heavy (non-hydrogen) atoms. The largest absolute Gasteiger partial charge is 0.446 e. The molecule has 3 saturated carbocycles. The normalized spacial score (nSPS) is 38.2. The minimum Gasteiger partial charge on any atom is -0.446 e. The molecule has 12 atom stereocenters. The van der Waals surface area contributed by atoms with Crippen molar-refractivity contribution >= 4 is 23.1 Å². The molecule has 0 radical (unpaired) electrons. The molecule has 0 unspecified atom stereocenters. The molecule has 4 aliphatic carbocycles. The van der Waals surface area contributed by atoms with E-state index in [4.69, 9.17) is 15.9 Å². The van der Waals surface area contributed by atoms with Crippen LogP contribution in [0.5, 0.6) is 0 Å². The number of anilines is 1. The number of carbonyl (C=O) groups excluding carboxylic acids is 1. The van der Waals surface area contributed by atoms with Crippen molar-refractivity contribution in [3.63, 3.8) is 0 Å². The summed E-state index contributed by atoms with van der Waals surface area (Å²) in [5, 5.41) is 23.2. The van der Waals surface area contributed by atoms with E-state index in [0.29, 0.717) is 28.3 Å². The van der Waals surface area contributed by atoms with Crippen LogP contribution in [0.25, 0.3) is 11.2 Å². The molecule has 3 N–H and O–H groups in total. The number of fused-ring (bicyclic) bond motifs is 6. The van der Waals surface area contributed by atoms with Gasteiger partial charge in [-0.1, -0.05) is 72.0 Å². The van der Waals surface area contributed by atoms with Crippen LogP contribution in [-0.4, -0.2) is 60.2 Å². The first-order valence-electron chi connectivity index (χ1n) is 20.1. The average Bonchev–Trinajstić information content (AvgIpc) is 3.79. The topological polar surface area (TPSA) is 132 Å². The molecule has 0 bridgehead atoms. The molecule has 4 fully saturated rings. The van der Waals surface area contributed by atoms with Gasteiger partial charge in [0, 0.05) is 12.8 Å². The summed E-state index contributed by atoms with van der Waals surface area (Å²) in [4.78, 5) is 26.9. The molecule has 7 rings (SSSR count). The Balaban J connectivity index is 0.997. The number of terminal acetylenes is 1. The van der Waals surface area contributed by atoms with Crippen molar-refractivity contribution in [2.45, 2.75) is 143 Å². The molecule has 1 saturated heterocycles. The number of amides is 1. The summed E-state index contributed by atoms with van der Waals surface area (Å²) >= 11 is 0. The molecule has 0 spiro atoms. The lowest BCUT2D eigenvalue weighted by molar-refractivity contribution is -0.0891. The van der Waals surface area contributed by atoms with Gasteiger partial charge in [0.25, 0.3) is 0 Å². The maximum Gasteiger partial charge on any atom is 0.413 e. The van der Waals surface area contributed by atoms with Crippen LogP contribution in [0.1, 0.15) is 124 Å². The number of aliphatic hydroxyl groups excluding tert-OH is 2. The van der Waals surface area contributed by atoms with Gasteiger partial charge in [0.1, 0.15) is 24.3 Å². The molecule has 284 valence electrons. The average molecular weight is 716 g/mol. The van der Waals surface area contributed by atoms with Crippen LogP contribution in [0.2, 0.25) is 0 Å². The number of carbonyl (C=O) groups is 1. The third kappa shape index (κ3) is 6.26. The van der Waals surface area contributed by atoms with Crippen molar-refractivity contribution in [2.75, 3.05) is 11.9 Å². The molecular weight excluding hydrogens is 654 g/mol. The summed E-state index contributed by atoms with van der Waals surface area (Å²) in [5.41, 5.74) is 1.41. The Morgan fingerprint density at radius 3 is 2.63 bits per heavy atom. The van der Waals surface area contributed by atoms with Gasteiger partial charge in [-0.2, -0.15) is 0 Å². The van der Waals surface area contributed by atoms with Gasteiger partial charge in [0.2, 0.25) is 0 Å². The number of aliphatic hydroxyl groups is 2. The van der Waals surface area contributed by atoms with E-state index < -0.39 is 30.6 Å². The first-order valence-corrected chi connectivity index (χ1v) is 20.1. The molecule has 10 heteroatoms. The van der Waals surface area contributed by atoms with Crippen molar-refractivity contribution in [3.8, 4) is 12.3 Å². The number of ether oxygens (including phenoxy) is 2. The monoisotopic (exact) mass is 715 g/mol. The summed E-state index contributed by atoms with van der Waals surface area (Å²) in [6, 6.07) is 0. The third-order valence-electron chi connectivity index (χ3n) is 15.2. The molecule has 10 nitrogen and oxygen atoms in total. The molecule has 1 amide bonds. The van der Waals surface area contributed by atoms with Crippen LogP contribution in [-0.2, 0) is 9.47 Å². The van der Waals surface area contributed by atoms with Crippen molar-refractivity contribution in [1.29, 1.82) is 0 Å². The van der Waals surface area contributed by atoms with E-state index in [2.05, 4.69) is 73.8 Å². The van der Waals surface area contributed by atoms with E-state index in [0.717, 1.165) is 61.2 Å². The Morgan fingerprint density at radius 1 is 1.13 bits per heavy atom. The summed E-state index contributed by atoms with van der Waals surface area (Å²) in [6.07, 6.45) is 19.3. The lowest BCUT2D eigenvalue weighted by Crippen LogP contribution is -2.51. The number of aryl methyl sites for hydroxylation is 1. The van der Waals surface area contributed by atoms with E-state index >= 15 is 0 Å². The van der Waals surface area contributed by atoms with E-state index in [1.807, 2.05) is 0 Å². The van der Waals surface area contributed by atoms with Gasteiger partial charge in [-0.05, 0) is 104 Å². The predicted octanol–water partition coefficient (Wildman–Crippen LogP) is 7.98. The van der Waals surface area contributed by atoms with Gasteiger partial charge in [0.05, 0.1) is 12.9 Å². The van der Waals surface area contributed by atoms with Crippen LogP contribution in [0.3, 0.4) is 0 Å². The van der Waals surface area contributed by atoms with Crippen molar-refractivity contribution in [2.24, 2.45) is 52.3 Å². The van der Waals surface area contributed by atoms with E-state index in [1.165, 1.54) is 50.4 Å². The second kappa shape index (κ2) is 14.0. The Labute approximate surface area is 310 Å². The highest BCUT2D eigenvalue weighted by molar-refractivity contribution is 5.93. The molecular formula is C42H61N5O5. The molecule has 2 aromatic heterocycles. The SMILES string of the molecule is C#C[C@]1(CO)O[C@@H](n2cnc3c(NC(=O)O[C@H]4CC[C@@]5(C)C(=CC[C@H]6[C@@H]7CC[C@H]([C@H](C)CC[C@@H](C)C(C)C)[C@@]7(C)CC[C@@H]65)C4)nc(C)nc32)C[C@@H]1O. The van der Waals surface area contributed by atoms with E-state index in [-0.39, 0.29) is 23.8 Å². The Morgan fingerprint density at radius 2 is 1.92 bits per heavy atom. The first kappa shape index (κ1) is 37.3. The summed E-state index contributed by atoms with van der Waals surface area (Å²) in [5.74, 6) is 8.55. The number of imidazole rings is 1. The first-order chi connectivity index (χ1) is 24.7. The number of hydrogen-bond donors (Lipinski definition) is 3. The van der Waals surface area contributed by atoms with Crippen LogP contribution in [0.15, 0.2) is 18.0 Å². The fourth-order valence-electron chi connectivity index (χ4n) is 11.6. The number of aromatic nitrogens is 4. The summed E-state index contributed by atoms with van der Waals surface area (Å²) in [7, 11) is 0. The number of hydrogen-bond acceptors (Lipinski definition) is 8. The third-order valence-corrected chi connectivity index (χ3v) is 15.2. The number of allylic oxidation sites excluding steroid dienone is 1. The van der Waals surface area contributed by atoms with E-state index in [9.17, 15) is 15.0 Å². The lowest BCUT2D eigenvalue weighted by Gasteiger charge is -2.58. The highest BCUT2D eigenvalue weighted by atomic mass is 16.6. The second-order valence-corrected chi connectivity index (χ2v) is 18.1. The molecule has 2 aromatic rings. The predicted molar refractivity (Wildman–Crippen MR) is 201 cm³/mol. The summed E-state index contributed by atoms with van der Waals surface area (Å²) in [6.45, 7) is 16.1. The number of nitrogens with one attached hydrogen (secondary N) is 1. The molecule has 0 aromatic carbocycles. The van der Waals surface area contributed by atoms with Gasteiger partial charge in [-0.15, -0.1) is 6.42 Å². The highest BCUT2D eigenvalue weighted by Crippen LogP contribution is 2.67. The van der Waals surface area contributed by atoms with Crippen molar-refractivity contribution in [1.82, 2.24) is 19.5 Å². The van der Waals surface area contributed by atoms with Crippen LogP contribution >= 0.6 is 0 Å². The van der Waals surface area contributed by atoms with Gasteiger partial charge < -0.3 is 19.7 Å². The molecule has 1 aliphatic heterocycles. The second-order valence-electron chi connectivity index (χ2n) is 18.1. The fourth-order valence-corrected chi connectivity index (χ4v) is 11.6. The summed E-state index contributed by atoms with van der Waals surface area (Å²) < 4.78 is 13.7. The van der Waals surface area contributed by atoms with Crippen LogP contribution < -0.4 is 5.32 Å². The molecule has 3 heterocycles. The number of nitrogens with zero attached hydrogens (tertiary/aromatic N) is 4. The van der Waals surface area contributed by atoms with E-state index in [1.54, 1.807) is 11.5 Å². The quantitative estimate of drug-likeness (QED) is 0.176. The Hall–Kier alpha value is -3.00. The highest BCUT2D eigenvalue weighted by Gasteiger charge is 2.59. The van der Waals surface area contributed by atoms with Crippen LogP contribution in [0.4, 0.5) is 10.6 Å². The van der Waals surface area contributed by atoms with Gasteiger partial charge in [-0.25, -0.2) is 19.7 Å². The number of rotatable bonds is 9. The standard InChI is InChI=1S/C42H61N5O5/c1-9-42(22-48)34(49)21-35(52-42)47-23-43-36-37(44-27(6)45-38(36)47)46-39(50)51-29-16-18-40(7)28(20-29)12-13-30-32-15-14-31(41(32,8)19-17-33(30)40)26(5)11-10-25(4)24(2)3/h1,12,23-26,29-35,48-49H,10-11,13-22H2,2-8H3,(H,44,45,46,50)/t25-,26-,29+,30+,31-,32+,33+,34+,35-,40+,41-,42-/m1/s1. The smallest absolute Gasteiger partial charge is 0.413 e. The van der Waals surface area contributed by atoms with Crippen molar-refractivity contribution < 1.29 is 24.5 Å². The zero-order valence-corrected chi connectivity index (χ0v) is 32.4. The zero-order valence-electron chi connectivity index (χ0n) is 32.4. The minimum atomic E-state index is -1.50. The van der Waals surface area contributed by atoms with Crippen molar-refractivity contribution in [3.05, 3.63) is 23.8 Å². The Kier molecular flexibility index (Phi) is 10.1. The van der Waals surface area contributed by atoms with Gasteiger partial charge >= 0.3 is 6.09 Å². The maximum absolute atomic E-state index is 13.4. The van der Waals surface area contributed by atoms with Gasteiger partial charge in [0.15, 0.2) is 22.6 Å².